The minimum Gasteiger partial charge on any atom is -0.342 e. The lowest BCUT2D eigenvalue weighted by Crippen LogP contribution is -2.40. The van der Waals surface area contributed by atoms with E-state index in [1.807, 2.05) is 16.7 Å². The first-order valence-corrected chi connectivity index (χ1v) is 11.2. The molecule has 2 saturated heterocycles. The number of hydrogen-bond acceptors (Lipinski definition) is 4. The highest BCUT2D eigenvalue weighted by atomic mass is 19.1. The number of carbonyl (C=O) groups is 2. The van der Waals surface area contributed by atoms with Gasteiger partial charge in [0.05, 0.1) is 17.7 Å². The molecule has 4 rings (SSSR count). The highest BCUT2D eigenvalue weighted by Crippen LogP contribution is 2.26. The van der Waals surface area contributed by atoms with E-state index in [1.165, 1.54) is 18.6 Å². The van der Waals surface area contributed by atoms with Gasteiger partial charge in [-0.25, -0.2) is 14.4 Å². The number of rotatable bonds is 4. The van der Waals surface area contributed by atoms with Crippen LogP contribution in [0.4, 0.5) is 4.39 Å². The first-order valence-electron chi connectivity index (χ1n) is 11.2. The number of aryl methyl sites for hydroxylation is 1. The molecule has 7 heteroatoms. The van der Waals surface area contributed by atoms with Crippen molar-refractivity contribution in [1.29, 1.82) is 0 Å². The number of likely N-dealkylation sites (tertiary alicyclic amines) is 2. The number of benzene rings is 1. The molecule has 164 valence electrons. The van der Waals surface area contributed by atoms with E-state index in [0.717, 1.165) is 44.3 Å². The maximum atomic E-state index is 13.1. The molecule has 3 heterocycles. The van der Waals surface area contributed by atoms with Crippen LogP contribution in [0.25, 0.3) is 0 Å². The molecular formula is C24H29FN4O2. The largest absolute Gasteiger partial charge is 0.342 e. The Hall–Kier alpha value is -2.83. The summed E-state index contributed by atoms with van der Waals surface area (Å²) in [6.07, 6.45) is 7.00. The van der Waals surface area contributed by atoms with Gasteiger partial charge >= 0.3 is 0 Å². The van der Waals surface area contributed by atoms with E-state index >= 15 is 0 Å². The fourth-order valence-electron chi connectivity index (χ4n) is 4.46. The summed E-state index contributed by atoms with van der Waals surface area (Å²) in [7, 11) is 0. The van der Waals surface area contributed by atoms with Crippen molar-refractivity contribution < 1.29 is 14.0 Å². The van der Waals surface area contributed by atoms with Gasteiger partial charge in [-0.05, 0) is 56.7 Å². The molecule has 6 nitrogen and oxygen atoms in total. The van der Waals surface area contributed by atoms with Crippen LogP contribution in [0.2, 0.25) is 0 Å². The summed E-state index contributed by atoms with van der Waals surface area (Å²) in [5, 5.41) is 0. The lowest BCUT2D eigenvalue weighted by Gasteiger charge is -2.32. The lowest BCUT2D eigenvalue weighted by atomic mass is 9.96. The first kappa shape index (κ1) is 21.4. The Morgan fingerprint density at radius 3 is 2.45 bits per heavy atom. The topological polar surface area (TPSA) is 66.4 Å². The molecule has 0 spiro atoms. The number of halogens is 1. The van der Waals surface area contributed by atoms with Crippen LogP contribution >= 0.6 is 0 Å². The third-order valence-electron chi connectivity index (χ3n) is 6.28. The molecule has 0 saturated carbocycles. The Kier molecular flexibility index (Phi) is 6.59. The predicted molar refractivity (Wildman–Crippen MR) is 115 cm³/mol. The zero-order valence-electron chi connectivity index (χ0n) is 18.0. The highest BCUT2D eigenvalue weighted by molar-refractivity contribution is 5.95. The standard InChI is InChI=1S/C24H29FN4O2/c1-17-21(24(31)28-11-3-2-4-12-28)15-26-23(27-17)19-6-5-13-29(16-19)22(30)14-18-7-9-20(25)10-8-18/h7-10,15,19H,2-6,11-14,16H2,1H3/t19-/m1/s1. The number of piperidine rings is 2. The summed E-state index contributed by atoms with van der Waals surface area (Å²) < 4.78 is 13.1. The summed E-state index contributed by atoms with van der Waals surface area (Å²) in [6.45, 7) is 4.74. The van der Waals surface area contributed by atoms with E-state index in [0.29, 0.717) is 30.2 Å². The van der Waals surface area contributed by atoms with Gasteiger partial charge in [0, 0.05) is 38.3 Å². The van der Waals surface area contributed by atoms with E-state index in [1.54, 1.807) is 18.3 Å². The zero-order valence-corrected chi connectivity index (χ0v) is 18.0. The van der Waals surface area contributed by atoms with Crippen LogP contribution in [-0.2, 0) is 11.2 Å². The molecule has 0 N–H and O–H groups in total. The van der Waals surface area contributed by atoms with Gasteiger partial charge in [0.15, 0.2) is 0 Å². The third-order valence-corrected chi connectivity index (χ3v) is 6.28. The molecule has 2 amide bonds. The smallest absolute Gasteiger partial charge is 0.257 e. The summed E-state index contributed by atoms with van der Waals surface area (Å²) in [5.74, 6) is 0.508. The van der Waals surface area contributed by atoms with Crippen molar-refractivity contribution in [2.45, 2.75) is 51.4 Å². The maximum absolute atomic E-state index is 13.1. The third kappa shape index (κ3) is 5.09. The number of hydrogen-bond donors (Lipinski definition) is 0. The quantitative estimate of drug-likeness (QED) is 0.754. The Morgan fingerprint density at radius 1 is 1.03 bits per heavy atom. The SMILES string of the molecule is Cc1nc([C@@H]2CCCN(C(=O)Cc3ccc(F)cc3)C2)ncc1C(=O)N1CCCCC1. The Balaban J connectivity index is 1.41. The van der Waals surface area contributed by atoms with E-state index in [-0.39, 0.29) is 30.0 Å². The second-order valence-corrected chi connectivity index (χ2v) is 8.56. The van der Waals surface area contributed by atoms with Gasteiger partial charge in [0.25, 0.3) is 5.91 Å². The second-order valence-electron chi connectivity index (χ2n) is 8.56. The molecule has 0 bridgehead atoms. The van der Waals surface area contributed by atoms with Crippen molar-refractivity contribution in [3.8, 4) is 0 Å². The van der Waals surface area contributed by atoms with Crippen molar-refractivity contribution in [3.05, 3.63) is 58.9 Å². The molecule has 1 atom stereocenters. The van der Waals surface area contributed by atoms with Gasteiger partial charge in [0.2, 0.25) is 5.91 Å². The fraction of sp³-hybridized carbons (Fsp3) is 0.500. The molecule has 2 aliphatic rings. The van der Waals surface area contributed by atoms with Crippen molar-refractivity contribution >= 4 is 11.8 Å². The number of nitrogens with zero attached hydrogens (tertiary/aromatic N) is 4. The van der Waals surface area contributed by atoms with Crippen LogP contribution in [0, 0.1) is 12.7 Å². The molecule has 1 aromatic carbocycles. The van der Waals surface area contributed by atoms with Crippen molar-refractivity contribution in [3.63, 3.8) is 0 Å². The van der Waals surface area contributed by atoms with Crippen LogP contribution in [0.1, 0.15) is 65.5 Å². The monoisotopic (exact) mass is 424 g/mol. The summed E-state index contributed by atoms with van der Waals surface area (Å²) >= 11 is 0. The molecule has 2 aliphatic heterocycles. The molecule has 0 aliphatic carbocycles. The molecular weight excluding hydrogens is 395 g/mol. The van der Waals surface area contributed by atoms with Gasteiger partial charge in [-0.2, -0.15) is 0 Å². The first-order chi connectivity index (χ1) is 15.0. The minimum absolute atomic E-state index is 0.0171. The van der Waals surface area contributed by atoms with Crippen molar-refractivity contribution in [1.82, 2.24) is 19.8 Å². The van der Waals surface area contributed by atoms with Crippen LogP contribution in [-0.4, -0.2) is 57.8 Å². The average Bonchev–Trinajstić information content (AvgIpc) is 2.80. The molecule has 2 fully saturated rings. The molecule has 31 heavy (non-hydrogen) atoms. The summed E-state index contributed by atoms with van der Waals surface area (Å²) in [5.41, 5.74) is 2.09. The van der Waals surface area contributed by atoms with Crippen LogP contribution in [0.3, 0.4) is 0 Å². The normalized spacial score (nSPS) is 19.4. The molecule has 0 radical (unpaired) electrons. The Bertz CT molecular complexity index is 941. The number of carbonyl (C=O) groups excluding carboxylic acids is 2. The molecule has 2 aromatic rings. The van der Waals surface area contributed by atoms with Gasteiger partial charge in [-0.1, -0.05) is 12.1 Å². The number of amides is 2. The van der Waals surface area contributed by atoms with Gasteiger partial charge in [-0.15, -0.1) is 0 Å². The minimum atomic E-state index is -0.302. The lowest BCUT2D eigenvalue weighted by molar-refractivity contribution is -0.131. The van der Waals surface area contributed by atoms with Crippen molar-refractivity contribution in [2.24, 2.45) is 0 Å². The predicted octanol–water partition coefficient (Wildman–Crippen LogP) is 3.50. The summed E-state index contributed by atoms with van der Waals surface area (Å²) in [6, 6.07) is 6.06. The second kappa shape index (κ2) is 9.54. The average molecular weight is 425 g/mol. The fourth-order valence-corrected chi connectivity index (χ4v) is 4.46. The van der Waals surface area contributed by atoms with E-state index in [9.17, 15) is 14.0 Å². The van der Waals surface area contributed by atoms with Gasteiger partial charge < -0.3 is 9.80 Å². The maximum Gasteiger partial charge on any atom is 0.257 e. The summed E-state index contributed by atoms with van der Waals surface area (Å²) in [4.78, 5) is 38.5. The Morgan fingerprint density at radius 2 is 1.74 bits per heavy atom. The molecule has 1 aromatic heterocycles. The number of aromatic nitrogens is 2. The van der Waals surface area contributed by atoms with Gasteiger partial charge in [-0.3, -0.25) is 9.59 Å². The van der Waals surface area contributed by atoms with E-state index in [4.69, 9.17) is 0 Å². The van der Waals surface area contributed by atoms with Crippen LogP contribution < -0.4 is 0 Å². The van der Waals surface area contributed by atoms with E-state index in [2.05, 4.69) is 9.97 Å². The van der Waals surface area contributed by atoms with Crippen molar-refractivity contribution in [2.75, 3.05) is 26.2 Å². The van der Waals surface area contributed by atoms with Crippen LogP contribution in [0.15, 0.2) is 30.5 Å². The van der Waals surface area contributed by atoms with E-state index < -0.39 is 0 Å². The zero-order chi connectivity index (χ0) is 21.8. The Labute approximate surface area is 182 Å². The highest BCUT2D eigenvalue weighted by Gasteiger charge is 2.28. The van der Waals surface area contributed by atoms with Gasteiger partial charge in [0.1, 0.15) is 11.6 Å². The van der Waals surface area contributed by atoms with Crippen LogP contribution in [0.5, 0.6) is 0 Å². The molecule has 0 unspecified atom stereocenters.